The Morgan fingerprint density at radius 1 is 1.20 bits per heavy atom. The number of rotatable bonds is 7. The van der Waals surface area contributed by atoms with E-state index < -0.39 is 11.8 Å². The highest BCUT2D eigenvalue weighted by Crippen LogP contribution is 2.24. The van der Waals surface area contributed by atoms with E-state index in [9.17, 15) is 14.0 Å². The molecule has 0 spiro atoms. The van der Waals surface area contributed by atoms with E-state index in [1.54, 1.807) is 30.5 Å². The minimum absolute atomic E-state index is 0.00253. The molecule has 0 saturated carbocycles. The van der Waals surface area contributed by atoms with Crippen molar-refractivity contribution in [3.63, 3.8) is 0 Å². The van der Waals surface area contributed by atoms with Gasteiger partial charge in [-0.3, -0.25) is 4.79 Å². The molecular weight excluding hydrogens is 349 g/mol. The summed E-state index contributed by atoms with van der Waals surface area (Å²) in [6.45, 7) is 5.19. The molecule has 5 nitrogen and oxygen atoms in total. The van der Waals surface area contributed by atoms with E-state index in [0.717, 1.165) is 5.69 Å². The van der Waals surface area contributed by atoms with Gasteiger partial charge in [0.2, 0.25) is 5.78 Å². The van der Waals surface area contributed by atoms with Crippen molar-refractivity contribution >= 4 is 23.4 Å². The molecule has 0 bridgehead atoms. The lowest BCUT2D eigenvalue weighted by Gasteiger charge is -2.10. The SMILES string of the molecule is CCOCC(=O)OCC(=O)c1cc(C)n(-c2ccc(F)c(Cl)c2)c1C. The highest BCUT2D eigenvalue weighted by Gasteiger charge is 2.18. The van der Waals surface area contributed by atoms with Crippen LogP contribution >= 0.6 is 11.6 Å². The summed E-state index contributed by atoms with van der Waals surface area (Å²) in [7, 11) is 0. The molecule has 25 heavy (non-hydrogen) atoms. The van der Waals surface area contributed by atoms with E-state index in [0.29, 0.717) is 23.6 Å². The van der Waals surface area contributed by atoms with Crippen molar-refractivity contribution in [1.29, 1.82) is 0 Å². The Bertz CT molecular complexity index is 801. The summed E-state index contributed by atoms with van der Waals surface area (Å²) >= 11 is 5.84. The Kier molecular flexibility index (Phi) is 6.33. The average Bonchev–Trinajstić information content (AvgIpc) is 2.88. The lowest BCUT2D eigenvalue weighted by Crippen LogP contribution is -2.18. The number of esters is 1. The summed E-state index contributed by atoms with van der Waals surface area (Å²) in [5, 5.41) is 0.00253. The Balaban J connectivity index is 2.19. The highest BCUT2D eigenvalue weighted by atomic mass is 35.5. The maximum atomic E-state index is 13.4. The Hall–Kier alpha value is -2.18. The Morgan fingerprint density at radius 2 is 1.92 bits per heavy atom. The standard InChI is InChI=1S/C18H19ClFNO4/c1-4-24-10-18(23)25-9-17(22)14-7-11(2)21(12(14)3)13-5-6-16(20)15(19)8-13/h5-8H,4,9-10H2,1-3H3. The van der Waals surface area contributed by atoms with Crippen molar-refractivity contribution in [3.05, 3.63) is 52.1 Å². The third-order valence-electron chi connectivity index (χ3n) is 3.68. The lowest BCUT2D eigenvalue weighted by molar-refractivity contribution is -0.147. The topological polar surface area (TPSA) is 57.5 Å². The predicted octanol–water partition coefficient (Wildman–Crippen LogP) is 3.65. The van der Waals surface area contributed by atoms with E-state index in [1.807, 2.05) is 6.92 Å². The van der Waals surface area contributed by atoms with Gasteiger partial charge in [-0.1, -0.05) is 11.6 Å². The number of ether oxygens (including phenoxy) is 2. The van der Waals surface area contributed by atoms with Gasteiger partial charge in [0, 0.05) is 29.2 Å². The molecule has 0 unspecified atom stereocenters. The quantitative estimate of drug-likeness (QED) is 0.553. The number of ketones is 1. The van der Waals surface area contributed by atoms with Crippen molar-refractivity contribution in [1.82, 2.24) is 4.57 Å². The van der Waals surface area contributed by atoms with Crippen molar-refractivity contribution < 1.29 is 23.5 Å². The molecule has 7 heteroatoms. The van der Waals surface area contributed by atoms with Gasteiger partial charge in [0.15, 0.2) is 6.61 Å². The molecule has 0 aliphatic rings. The molecule has 134 valence electrons. The largest absolute Gasteiger partial charge is 0.456 e. The van der Waals surface area contributed by atoms with Gasteiger partial charge in [0.1, 0.15) is 12.4 Å². The number of carbonyl (C=O) groups excluding carboxylic acids is 2. The smallest absolute Gasteiger partial charge is 0.332 e. The normalized spacial score (nSPS) is 10.8. The summed E-state index contributed by atoms with van der Waals surface area (Å²) in [5.41, 5.74) is 2.52. The van der Waals surface area contributed by atoms with Crippen LogP contribution in [0.25, 0.3) is 5.69 Å². The van der Waals surface area contributed by atoms with Gasteiger partial charge in [-0.15, -0.1) is 0 Å². The molecule has 0 fully saturated rings. The molecule has 0 aliphatic carbocycles. The maximum absolute atomic E-state index is 13.4. The van der Waals surface area contributed by atoms with Gasteiger partial charge >= 0.3 is 5.97 Å². The second kappa shape index (κ2) is 8.27. The summed E-state index contributed by atoms with van der Waals surface area (Å²) < 4.78 is 25.0. The van der Waals surface area contributed by atoms with Gasteiger partial charge < -0.3 is 14.0 Å². The maximum Gasteiger partial charge on any atom is 0.332 e. The molecule has 1 heterocycles. The third kappa shape index (κ3) is 4.46. The van der Waals surface area contributed by atoms with Gasteiger partial charge in [-0.25, -0.2) is 9.18 Å². The van der Waals surface area contributed by atoms with Crippen LogP contribution in [-0.2, 0) is 14.3 Å². The molecule has 0 amide bonds. The van der Waals surface area contributed by atoms with Crippen molar-refractivity contribution in [2.24, 2.45) is 0 Å². The molecule has 1 aromatic heterocycles. The number of nitrogens with zero attached hydrogens (tertiary/aromatic N) is 1. The van der Waals surface area contributed by atoms with Gasteiger partial charge in [0.05, 0.1) is 5.02 Å². The Morgan fingerprint density at radius 3 is 2.56 bits per heavy atom. The average molecular weight is 368 g/mol. The third-order valence-corrected chi connectivity index (χ3v) is 3.97. The molecular formula is C18H19ClFNO4. The van der Waals surface area contributed by atoms with Crippen LogP contribution in [0.5, 0.6) is 0 Å². The fraction of sp³-hybridized carbons (Fsp3) is 0.333. The highest BCUT2D eigenvalue weighted by molar-refractivity contribution is 6.30. The number of benzene rings is 1. The summed E-state index contributed by atoms with van der Waals surface area (Å²) in [5.74, 6) is -1.42. The van der Waals surface area contributed by atoms with Crippen molar-refractivity contribution in [2.75, 3.05) is 19.8 Å². The monoisotopic (exact) mass is 367 g/mol. The van der Waals surface area contributed by atoms with E-state index in [-0.39, 0.29) is 24.0 Å². The molecule has 0 N–H and O–H groups in total. The molecule has 0 radical (unpaired) electrons. The van der Waals surface area contributed by atoms with E-state index in [2.05, 4.69) is 0 Å². The second-order valence-corrected chi connectivity index (χ2v) is 5.85. The van der Waals surface area contributed by atoms with E-state index >= 15 is 0 Å². The zero-order valence-corrected chi connectivity index (χ0v) is 15.0. The van der Waals surface area contributed by atoms with Crippen LogP contribution < -0.4 is 0 Å². The van der Waals surface area contributed by atoms with Gasteiger partial charge in [-0.05, 0) is 45.0 Å². The van der Waals surface area contributed by atoms with Crippen LogP contribution in [0.2, 0.25) is 5.02 Å². The minimum atomic E-state index is -0.589. The number of halogens is 2. The summed E-state index contributed by atoms with van der Waals surface area (Å²) in [6.07, 6.45) is 0. The molecule has 2 aromatic rings. The van der Waals surface area contributed by atoms with Crippen LogP contribution in [0.1, 0.15) is 28.7 Å². The van der Waals surface area contributed by atoms with Crippen LogP contribution in [0.15, 0.2) is 24.3 Å². The van der Waals surface area contributed by atoms with E-state index in [1.165, 1.54) is 12.1 Å². The fourth-order valence-electron chi connectivity index (χ4n) is 2.52. The molecule has 0 aliphatic heterocycles. The number of Topliss-reactive ketones (excluding diaryl/α,β-unsaturated/α-hetero) is 1. The van der Waals surface area contributed by atoms with Crippen LogP contribution in [0.4, 0.5) is 4.39 Å². The zero-order valence-electron chi connectivity index (χ0n) is 14.3. The lowest BCUT2D eigenvalue weighted by atomic mass is 10.1. The first-order valence-electron chi connectivity index (χ1n) is 7.76. The summed E-state index contributed by atoms with van der Waals surface area (Å²) in [6, 6.07) is 6.05. The first-order valence-corrected chi connectivity index (χ1v) is 8.13. The number of aryl methyl sites for hydroxylation is 1. The number of hydrogen-bond donors (Lipinski definition) is 0. The summed E-state index contributed by atoms with van der Waals surface area (Å²) in [4.78, 5) is 23.8. The molecule has 2 rings (SSSR count). The fourth-order valence-corrected chi connectivity index (χ4v) is 2.69. The Labute approximate surface area is 150 Å². The second-order valence-electron chi connectivity index (χ2n) is 5.44. The number of hydrogen-bond acceptors (Lipinski definition) is 4. The first kappa shape index (κ1) is 19.1. The van der Waals surface area contributed by atoms with Gasteiger partial charge in [-0.2, -0.15) is 0 Å². The van der Waals surface area contributed by atoms with Crippen molar-refractivity contribution in [3.8, 4) is 5.69 Å². The minimum Gasteiger partial charge on any atom is -0.456 e. The number of carbonyl (C=O) groups is 2. The first-order chi connectivity index (χ1) is 11.8. The van der Waals surface area contributed by atoms with Gasteiger partial charge in [0.25, 0.3) is 0 Å². The van der Waals surface area contributed by atoms with Crippen LogP contribution in [-0.4, -0.2) is 36.1 Å². The zero-order chi connectivity index (χ0) is 18.6. The van der Waals surface area contributed by atoms with Crippen molar-refractivity contribution in [2.45, 2.75) is 20.8 Å². The van der Waals surface area contributed by atoms with Crippen LogP contribution in [0, 0.1) is 19.7 Å². The molecule has 1 aromatic carbocycles. The molecule has 0 saturated heterocycles. The number of aromatic nitrogens is 1. The van der Waals surface area contributed by atoms with E-state index in [4.69, 9.17) is 21.1 Å². The predicted molar refractivity (Wildman–Crippen MR) is 92.0 cm³/mol. The van der Waals surface area contributed by atoms with Crippen LogP contribution in [0.3, 0.4) is 0 Å². The molecule has 0 atom stereocenters.